The molecule has 7 nitrogen and oxygen atoms in total. The first-order chi connectivity index (χ1) is 11.9. The van der Waals surface area contributed by atoms with Gasteiger partial charge in [-0.3, -0.25) is 13.9 Å². The van der Waals surface area contributed by atoms with Crippen LogP contribution in [0.4, 0.5) is 0 Å². The average molecular weight is 365 g/mol. The van der Waals surface area contributed by atoms with Crippen molar-refractivity contribution >= 4 is 26.8 Å². The van der Waals surface area contributed by atoms with Crippen LogP contribution in [0.15, 0.2) is 29.1 Å². The number of carbonyl (C=O) groups excluding carboxylic acids is 1. The Hall–Kier alpha value is -2.09. The molecule has 1 aliphatic heterocycles. The number of sulfone groups is 1. The van der Waals surface area contributed by atoms with Gasteiger partial charge >= 0.3 is 5.69 Å². The summed E-state index contributed by atoms with van der Waals surface area (Å²) in [6, 6.07) is 7.25. The second-order valence-corrected chi connectivity index (χ2v) is 8.72. The van der Waals surface area contributed by atoms with Crippen LogP contribution in [0.1, 0.15) is 26.2 Å². The SMILES string of the molecule is CCCn1c(=O)n(CCC(=O)N[C@H]2CCS(=O)(=O)C2)c2ccccc21. The molecule has 0 bridgehead atoms. The van der Waals surface area contributed by atoms with Crippen LogP contribution in [0.2, 0.25) is 0 Å². The van der Waals surface area contributed by atoms with Crippen molar-refractivity contribution in [2.45, 2.75) is 45.3 Å². The van der Waals surface area contributed by atoms with Crippen LogP contribution in [0.25, 0.3) is 11.0 Å². The van der Waals surface area contributed by atoms with Crippen LogP contribution in [-0.2, 0) is 27.7 Å². The fourth-order valence-corrected chi connectivity index (χ4v) is 5.02. The first-order valence-corrected chi connectivity index (χ1v) is 10.4. The Bertz CT molecular complexity index is 942. The van der Waals surface area contributed by atoms with Crippen molar-refractivity contribution in [3.05, 3.63) is 34.7 Å². The molecule has 1 amide bonds. The van der Waals surface area contributed by atoms with E-state index in [-0.39, 0.29) is 42.1 Å². The van der Waals surface area contributed by atoms with E-state index in [9.17, 15) is 18.0 Å². The van der Waals surface area contributed by atoms with Crippen molar-refractivity contribution in [2.75, 3.05) is 11.5 Å². The minimum atomic E-state index is -3.02. The highest BCUT2D eigenvalue weighted by Gasteiger charge is 2.28. The average Bonchev–Trinajstić information content (AvgIpc) is 3.04. The lowest BCUT2D eigenvalue weighted by atomic mass is 10.2. The Balaban J connectivity index is 1.72. The van der Waals surface area contributed by atoms with Crippen LogP contribution in [-0.4, -0.2) is 41.0 Å². The number of aryl methyl sites for hydroxylation is 2. The van der Waals surface area contributed by atoms with E-state index in [2.05, 4.69) is 5.32 Å². The molecule has 2 heterocycles. The maximum atomic E-state index is 12.6. The van der Waals surface area contributed by atoms with Gasteiger partial charge in [-0.05, 0) is 25.0 Å². The largest absolute Gasteiger partial charge is 0.352 e. The van der Waals surface area contributed by atoms with Crippen LogP contribution in [0.5, 0.6) is 0 Å². The number of amides is 1. The third kappa shape index (κ3) is 3.78. The number of rotatable bonds is 6. The van der Waals surface area contributed by atoms with Gasteiger partial charge in [0.05, 0.1) is 22.5 Å². The molecule has 0 spiro atoms. The second-order valence-electron chi connectivity index (χ2n) is 6.49. The number of aromatic nitrogens is 2. The summed E-state index contributed by atoms with van der Waals surface area (Å²) in [5, 5.41) is 2.76. The lowest BCUT2D eigenvalue weighted by molar-refractivity contribution is -0.121. The van der Waals surface area contributed by atoms with Crippen LogP contribution < -0.4 is 11.0 Å². The molecule has 136 valence electrons. The van der Waals surface area contributed by atoms with E-state index in [0.29, 0.717) is 13.0 Å². The molecule has 0 radical (unpaired) electrons. The Morgan fingerprint density at radius 2 is 1.84 bits per heavy atom. The number of benzene rings is 1. The Morgan fingerprint density at radius 1 is 1.20 bits per heavy atom. The van der Waals surface area contributed by atoms with E-state index in [4.69, 9.17) is 0 Å². The van der Waals surface area contributed by atoms with Crippen molar-refractivity contribution in [2.24, 2.45) is 0 Å². The number of fused-ring (bicyclic) bond motifs is 1. The third-order valence-electron chi connectivity index (χ3n) is 4.53. The van der Waals surface area contributed by atoms with Gasteiger partial charge in [-0.2, -0.15) is 0 Å². The van der Waals surface area contributed by atoms with Gasteiger partial charge in [-0.1, -0.05) is 19.1 Å². The maximum Gasteiger partial charge on any atom is 0.329 e. The van der Waals surface area contributed by atoms with Gasteiger partial charge in [0, 0.05) is 25.6 Å². The summed E-state index contributed by atoms with van der Waals surface area (Å²) >= 11 is 0. The summed E-state index contributed by atoms with van der Waals surface area (Å²) in [5.41, 5.74) is 1.58. The fraction of sp³-hybridized carbons (Fsp3) is 0.529. The van der Waals surface area contributed by atoms with Crippen LogP contribution in [0.3, 0.4) is 0 Å². The maximum absolute atomic E-state index is 12.6. The molecule has 0 aliphatic carbocycles. The second kappa shape index (κ2) is 7.03. The van der Waals surface area contributed by atoms with E-state index in [1.807, 2.05) is 31.2 Å². The van der Waals surface area contributed by atoms with E-state index >= 15 is 0 Å². The first-order valence-electron chi connectivity index (χ1n) is 8.59. The molecule has 2 aromatic rings. The highest BCUT2D eigenvalue weighted by atomic mass is 32.2. The van der Waals surface area contributed by atoms with E-state index in [1.54, 1.807) is 9.13 Å². The third-order valence-corrected chi connectivity index (χ3v) is 6.30. The standard InChI is InChI=1S/C17H23N3O4S/c1-2-9-19-14-5-3-4-6-15(14)20(17(19)22)10-7-16(21)18-13-8-11-25(23,24)12-13/h3-6,13H,2,7-12H2,1H3,(H,18,21)/t13-/m0/s1. The molecule has 1 aromatic carbocycles. The summed E-state index contributed by atoms with van der Waals surface area (Å²) in [5.74, 6) is -0.0857. The zero-order chi connectivity index (χ0) is 18.0. The molecular weight excluding hydrogens is 342 g/mol. The summed E-state index contributed by atoms with van der Waals surface area (Å²) in [6.07, 6.45) is 1.46. The summed E-state index contributed by atoms with van der Waals surface area (Å²) in [6.45, 7) is 2.93. The minimum absolute atomic E-state index is 0.00843. The van der Waals surface area contributed by atoms with Gasteiger partial charge in [0.2, 0.25) is 5.91 Å². The predicted octanol–water partition coefficient (Wildman–Crippen LogP) is 0.906. The number of hydrogen-bond donors (Lipinski definition) is 1. The van der Waals surface area contributed by atoms with Gasteiger partial charge in [-0.15, -0.1) is 0 Å². The molecule has 3 rings (SSSR count). The Labute approximate surface area is 146 Å². The van der Waals surface area contributed by atoms with E-state index in [0.717, 1.165) is 17.5 Å². The molecule has 0 saturated carbocycles. The monoisotopic (exact) mass is 365 g/mol. The first kappa shape index (κ1) is 17.7. The van der Waals surface area contributed by atoms with Crippen molar-refractivity contribution in [3.63, 3.8) is 0 Å². The summed E-state index contributed by atoms with van der Waals surface area (Å²) < 4.78 is 26.3. The Kier molecular flexibility index (Phi) is 4.99. The predicted molar refractivity (Wildman–Crippen MR) is 96.3 cm³/mol. The number of nitrogens with one attached hydrogen (secondary N) is 1. The number of nitrogens with zero attached hydrogens (tertiary/aromatic N) is 2. The molecular formula is C17H23N3O4S. The quantitative estimate of drug-likeness (QED) is 0.824. The molecule has 1 fully saturated rings. The fourth-order valence-electron chi connectivity index (χ4n) is 3.35. The number of para-hydroxylation sites is 2. The molecule has 25 heavy (non-hydrogen) atoms. The molecule has 8 heteroatoms. The lowest BCUT2D eigenvalue weighted by Crippen LogP contribution is -2.36. The molecule has 0 unspecified atom stereocenters. The normalized spacial score (nSPS) is 19.3. The lowest BCUT2D eigenvalue weighted by Gasteiger charge is -2.11. The summed E-state index contributed by atoms with van der Waals surface area (Å²) in [7, 11) is -3.02. The minimum Gasteiger partial charge on any atom is -0.352 e. The smallest absolute Gasteiger partial charge is 0.329 e. The molecule has 1 aliphatic rings. The van der Waals surface area contributed by atoms with Gasteiger partial charge in [0.15, 0.2) is 9.84 Å². The van der Waals surface area contributed by atoms with Gasteiger partial charge in [0.1, 0.15) is 0 Å². The van der Waals surface area contributed by atoms with Crippen LogP contribution >= 0.6 is 0 Å². The van der Waals surface area contributed by atoms with Gasteiger partial charge < -0.3 is 5.32 Å². The number of imidazole rings is 1. The van der Waals surface area contributed by atoms with Gasteiger partial charge in [0.25, 0.3) is 0 Å². The molecule has 1 atom stereocenters. The van der Waals surface area contributed by atoms with E-state index in [1.165, 1.54) is 0 Å². The molecule has 1 saturated heterocycles. The highest BCUT2D eigenvalue weighted by molar-refractivity contribution is 7.91. The van der Waals surface area contributed by atoms with E-state index < -0.39 is 9.84 Å². The van der Waals surface area contributed by atoms with Crippen molar-refractivity contribution < 1.29 is 13.2 Å². The zero-order valence-electron chi connectivity index (χ0n) is 14.3. The molecule has 1 N–H and O–H groups in total. The van der Waals surface area contributed by atoms with Crippen molar-refractivity contribution in [1.29, 1.82) is 0 Å². The van der Waals surface area contributed by atoms with Crippen molar-refractivity contribution in [1.82, 2.24) is 14.5 Å². The topological polar surface area (TPSA) is 90.2 Å². The number of carbonyl (C=O) groups is 1. The number of hydrogen-bond acceptors (Lipinski definition) is 4. The van der Waals surface area contributed by atoms with Crippen LogP contribution in [0, 0.1) is 0 Å². The highest BCUT2D eigenvalue weighted by Crippen LogP contribution is 2.14. The molecule has 1 aromatic heterocycles. The van der Waals surface area contributed by atoms with Gasteiger partial charge in [-0.25, -0.2) is 13.2 Å². The van der Waals surface area contributed by atoms with Crippen molar-refractivity contribution in [3.8, 4) is 0 Å². The summed E-state index contributed by atoms with van der Waals surface area (Å²) in [4.78, 5) is 24.8. The zero-order valence-corrected chi connectivity index (χ0v) is 15.1. The Morgan fingerprint density at radius 3 is 2.40 bits per heavy atom.